The second-order valence-corrected chi connectivity index (χ2v) is 4.21. The van der Waals surface area contributed by atoms with Crippen molar-refractivity contribution in [3.05, 3.63) is 41.4 Å². The summed E-state index contributed by atoms with van der Waals surface area (Å²) in [5.74, 6) is 1.22. The molecule has 1 amide bonds. The molecule has 17 heavy (non-hydrogen) atoms. The van der Waals surface area contributed by atoms with Gasteiger partial charge in [-0.15, -0.1) is 11.6 Å². The number of rotatable bonds is 1. The van der Waals surface area contributed by atoms with Gasteiger partial charge in [-0.1, -0.05) is 25.3 Å². The van der Waals surface area contributed by atoms with Crippen molar-refractivity contribution in [3.63, 3.8) is 0 Å². The van der Waals surface area contributed by atoms with Crippen molar-refractivity contribution >= 4 is 6.09 Å². The molecule has 1 saturated carbocycles. The van der Waals surface area contributed by atoms with Gasteiger partial charge in [-0.25, -0.2) is 4.79 Å². The Morgan fingerprint density at radius 1 is 1.59 bits per heavy atom. The molecule has 0 heterocycles. The van der Waals surface area contributed by atoms with Crippen LogP contribution in [0.2, 0.25) is 0 Å². The van der Waals surface area contributed by atoms with Gasteiger partial charge in [0.15, 0.2) is 0 Å². The topological polar surface area (TPSA) is 52.3 Å². The van der Waals surface area contributed by atoms with E-state index in [0.717, 1.165) is 24.8 Å². The summed E-state index contributed by atoms with van der Waals surface area (Å²) in [5.41, 5.74) is 7.44. The fourth-order valence-corrected chi connectivity index (χ4v) is 2.24. The van der Waals surface area contributed by atoms with Crippen LogP contribution < -0.4 is 5.73 Å². The van der Waals surface area contributed by atoms with Crippen LogP contribution in [-0.2, 0) is 25.2 Å². The van der Waals surface area contributed by atoms with Crippen LogP contribution in [0.1, 0.15) is 26.2 Å². The van der Waals surface area contributed by atoms with Crippen LogP contribution in [0.5, 0.6) is 0 Å². The summed E-state index contributed by atoms with van der Waals surface area (Å²) in [6, 6.07) is 0. The average Bonchev–Trinajstić information content (AvgIpc) is 2.38. The first-order chi connectivity index (χ1) is 7.66. The van der Waals surface area contributed by atoms with E-state index in [1.165, 1.54) is 11.5 Å². The minimum absolute atomic E-state index is 0. The summed E-state index contributed by atoms with van der Waals surface area (Å²) in [7, 11) is 0. The van der Waals surface area contributed by atoms with Crippen LogP contribution in [0.15, 0.2) is 35.5 Å². The molecule has 0 aromatic heterocycles. The number of hydrogen-bond donors (Lipinski definition) is 1. The van der Waals surface area contributed by atoms with Crippen molar-refractivity contribution in [3.8, 4) is 0 Å². The first-order valence-electron chi connectivity index (χ1n) is 5.55. The zero-order valence-corrected chi connectivity index (χ0v) is 12.5. The van der Waals surface area contributed by atoms with Crippen LogP contribution in [0.25, 0.3) is 0 Å². The third-order valence-corrected chi connectivity index (χ3v) is 2.93. The summed E-state index contributed by atoms with van der Waals surface area (Å²) in [6.45, 7) is 2.07. The largest absolute Gasteiger partial charge is 0.443 e. The normalized spacial score (nSPS) is 22.6. The number of allylic oxidation sites excluding steroid dienone is 4. The number of amides is 1. The molecule has 2 aliphatic carbocycles. The molecule has 0 spiro atoms. The maximum atomic E-state index is 10.8. The zero-order valence-electron chi connectivity index (χ0n) is 9.78. The smallest absolute Gasteiger partial charge is 0.405 e. The van der Waals surface area contributed by atoms with Gasteiger partial charge in [0.25, 0.3) is 0 Å². The van der Waals surface area contributed by atoms with Gasteiger partial charge in [0, 0.05) is 20.4 Å². The fraction of sp³-hybridized carbons (Fsp3) is 0.385. The predicted molar refractivity (Wildman–Crippen MR) is 62.5 cm³/mol. The number of nitrogens with two attached hydrogens (primary N) is 1. The van der Waals surface area contributed by atoms with Gasteiger partial charge in [-0.2, -0.15) is 24.1 Å². The molecule has 1 unspecified atom stereocenters. The molecule has 0 aromatic rings. The molecule has 2 N–H and O–H groups in total. The standard InChI is InChI=1S/C13H16NO2.Re/c1-9-4-2-6-11-10(8-9)5-3-7-12(11)16-13(14)15;/h2,4,6,8,12H,3,5,7H2,1H3,(H2,14,15);/q-1;. The molecule has 2 rings (SSSR count). The first-order valence-corrected chi connectivity index (χ1v) is 5.55. The zero-order chi connectivity index (χ0) is 11.5. The summed E-state index contributed by atoms with van der Waals surface area (Å²) in [5, 5.41) is 0. The summed E-state index contributed by atoms with van der Waals surface area (Å²) >= 11 is 0. The minimum Gasteiger partial charge on any atom is -0.443 e. The maximum absolute atomic E-state index is 10.8. The molecule has 0 aromatic carbocycles. The van der Waals surface area contributed by atoms with Gasteiger partial charge in [0.1, 0.15) is 6.10 Å². The van der Waals surface area contributed by atoms with Gasteiger partial charge >= 0.3 is 6.09 Å². The van der Waals surface area contributed by atoms with Crippen LogP contribution in [0, 0.1) is 5.92 Å². The molecule has 1 radical (unpaired) electrons. The Kier molecular flexibility index (Phi) is 5.05. The van der Waals surface area contributed by atoms with Crippen molar-refractivity contribution in [2.45, 2.75) is 32.3 Å². The molecule has 0 saturated heterocycles. The Morgan fingerprint density at radius 3 is 3.06 bits per heavy atom. The third-order valence-electron chi connectivity index (χ3n) is 2.93. The van der Waals surface area contributed by atoms with Crippen molar-refractivity contribution in [2.24, 2.45) is 5.73 Å². The fourth-order valence-electron chi connectivity index (χ4n) is 2.24. The van der Waals surface area contributed by atoms with E-state index in [2.05, 4.69) is 19.1 Å². The van der Waals surface area contributed by atoms with E-state index in [9.17, 15) is 4.79 Å². The number of hydrogen-bond acceptors (Lipinski definition) is 2. The van der Waals surface area contributed by atoms with E-state index in [1.807, 2.05) is 12.2 Å². The van der Waals surface area contributed by atoms with E-state index in [1.54, 1.807) is 0 Å². The molecular weight excluding hydrogens is 388 g/mol. The number of carbonyl (C=O) groups is 1. The van der Waals surface area contributed by atoms with Gasteiger partial charge in [-0.05, 0) is 6.42 Å². The van der Waals surface area contributed by atoms with E-state index in [4.69, 9.17) is 10.5 Å². The van der Waals surface area contributed by atoms with E-state index in [0.29, 0.717) is 0 Å². The third kappa shape index (κ3) is 3.49. The maximum Gasteiger partial charge on any atom is 0.405 e. The second kappa shape index (κ2) is 6.09. The van der Waals surface area contributed by atoms with Gasteiger partial charge < -0.3 is 10.5 Å². The van der Waals surface area contributed by atoms with E-state index < -0.39 is 6.09 Å². The number of carbonyl (C=O) groups excluding carboxylic acids is 1. The average molecular weight is 404 g/mol. The van der Waals surface area contributed by atoms with Gasteiger partial charge in [0.2, 0.25) is 0 Å². The molecule has 3 nitrogen and oxygen atoms in total. The van der Waals surface area contributed by atoms with Crippen molar-refractivity contribution in [1.29, 1.82) is 0 Å². The summed E-state index contributed by atoms with van der Waals surface area (Å²) in [4.78, 5) is 10.8. The van der Waals surface area contributed by atoms with Crippen LogP contribution >= 0.6 is 0 Å². The van der Waals surface area contributed by atoms with Crippen LogP contribution in [-0.4, -0.2) is 12.2 Å². The Balaban J connectivity index is 0.00000144. The number of fused-ring (bicyclic) bond motifs is 1. The molecule has 1 fully saturated rings. The number of ether oxygens (including phenoxy) is 1. The van der Waals surface area contributed by atoms with Gasteiger partial charge in [-0.3, -0.25) is 0 Å². The quantitative estimate of drug-likeness (QED) is 0.683. The van der Waals surface area contributed by atoms with E-state index >= 15 is 0 Å². The number of primary amides is 1. The SMILES string of the molecule is C[C-]1C=CC=C2C(=C1)CCCC2OC(N)=O.[Re]. The second-order valence-electron chi connectivity index (χ2n) is 4.21. The first kappa shape index (κ1) is 14.1. The van der Waals surface area contributed by atoms with Crippen LogP contribution in [0.4, 0.5) is 4.79 Å². The molecular formula is C13H16NO2Re-. The Labute approximate surface area is 115 Å². The Hall–Kier alpha value is -0.978. The summed E-state index contributed by atoms with van der Waals surface area (Å²) < 4.78 is 5.14. The minimum atomic E-state index is -0.693. The van der Waals surface area contributed by atoms with Crippen molar-refractivity contribution in [1.82, 2.24) is 0 Å². The molecule has 2 aliphatic rings. The Bertz CT molecular complexity index is 385. The molecule has 4 heteroatoms. The van der Waals surface area contributed by atoms with Gasteiger partial charge in [0.05, 0.1) is 0 Å². The monoisotopic (exact) mass is 405 g/mol. The summed E-state index contributed by atoms with van der Waals surface area (Å²) in [6.07, 6.45) is 10.3. The molecule has 0 aliphatic heterocycles. The Morgan fingerprint density at radius 2 is 2.35 bits per heavy atom. The van der Waals surface area contributed by atoms with Crippen LogP contribution in [0.3, 0.4) is 0 Å². The van der Waals surface area contributed by atoms with E-state index in [-0.39, 0.29) is 26.5 Å². The van der Waals surface area contributed by atoms with Crippen molar-refractivity contribution in [2.75, 3.05) is 0 Å². The molecule has 93 valence electrons. The predicted octanol–water partition coefficient (Wildman–Crippen LogP) is 2.65. The molecule has 0 bridgehead atoms. The van der Waals surface area contributed by atoms with Crippen molar-refractivity contribution < 1.29 is 30.0 Å². The molecule has 1 atom stereocenters.